The Hall–Kier alpha value is -2.96. The van der Waals surface area contributed by atoms with Gasteiger partial charge < -0.3 is 10.0 Å². The molecule has 2 heterocycles. The molecule has 2 aromatic carbocycles. The Morgan fingerprint density at radius 3 is 2.49 bits per heavy atom. The van der Waals surface area contributed by atoms with E-state index in [9.17, 15) is 9.90 Å². The van der Waals surface area contributed by atoms with Crippen LogP contribution in [0.5, 0.6) is 0 Å². The number of nitrogens with zero attached hydrogens (tertiary/aromatic N) is 3. The van der Waals surface area contributed by atoms with E-state index in [-0.39, 0.29) is 17.9 Å². The number of hydrogen-bond donors (Lipinski definition) is 1. The van der Waals surface area contributed by atoms with Gasteiger partial charge in [-0.1, -0.05) is 18.2 Å². The zero-order valence-electron chi connectivity index (χ0n) is 24.0. The number of aliphatic hydroxyl groups is 1. The average molecular weight is 568 g/mol. The molecule has 0 spiro atoms. The predicted octanol–water partition coefficient (Wildman–Crippen LogP) is 8.04. The van der Waals surface area contributed by atoms with Gasteiger partial charge >= 0.3 is 0 Å². The Bertz CT molecular complexity index is 1520. The first kappa shape index (κ1) is 26.9. The quantitative estimate of drug-likeness (QED) is 0.246. The number of aryl methyl sites for hydroxylation is 1. The highest BCUT2D eigenvalue weighted by atomic mass is 32.1. The molecule has 0 unspecified atom stereocenters. The normalized spacial score (nSPS) is 24.9. The van der Waals surface area contributed by atoms with Crippen LogP contribution in [0.4, 0.5) is 5.69 Å². The molecule has 41 heavy (non-hydrogen) atoms. The topological polar surface area (TPSA) is 58.4 Å². The van der Waals surface area contributed by atoms with Crippen molar-refractivity contribution in [3.63, 3.8) is 0 Å². The predicted molar refractivity (Wildman–Crippen MR) is 167 cm³/mol. The number of hydrogen-bond acceptors (Lipinski definition) is 4. The van der Waals surface area contributed by atoms with Crippen molar-refractivity contribution in [2.24, 2.45) is 18.9 Å². The second-order valence-electron chi connectivity index (χ2n) is 12.8. The van der Waals surface area contributed by atoms with Crippen molar-refractivity contribution in [1.29, 1.82) is 0 Å². The maximum atomic E-state index is 14.1. The van der Waals surface area contributed by atoms with E-state index in [0.717, 1.165) is 69.5 Å². The van der Waals surface area contributed by atoms with E-state index in [0.29, 0.717) is 11.8 Å². The standard InChI is InChI=1S/C35H41N3O2S/c1-37-32-16-13-27(19-29(32)21-36-37)24-7-5-23(6-8-24)22-38(35(40)26-11-14-31(39)15-12-26)30-4-2-3-28(20-30)34-18-17-33(41-34)25-9-10-25/h2-4,13,16-21,23-26,31,39H,5-12,14-15,22H2,1H3/t23-,24-,26-,31-. The fraction of sp³-hybridized carbons (Fsp3) is 0.486. The lowest BCUT2D eigenvalue weighted by atomic mass is 9.78. The number of anilines is 1. The number of fused-ring (bicyclic) bond motifs is 1. The Morgan fingerprint density at radius 1 is 0.927 bits per heavy atom. The minimum Gasteiger partial charge on any atom is -0.393 e. The third-order valence-electron chi connectivity index (χ3n) is 9.89. The van der Waals surface area contributed by atoms with Crippen LogP contribution < -0.4 is 4.90 Å². The molecule has 214 valence electrons. The van der Waals surface area contributed by atoms with E-state index in [1.165, 1.54) is 44.6 Å². The Morgan fingerprint density at radius 2 is 1.71 bits per heavy atom. The molecule has 3 fully saturated rings. The van der Waals surface area contributed by atoms with Crippen molar-refractivity contribution in [3.8, 4) is 10.4 Å². The van der Waals surface area contributed by atoms with Crippen molar-refractivity contribution in [2.75, 3.05) is 11.4 Å². The molecule has 0 radical (unpaired) electrons. The number of carbonyl (C=O) groups is 1. The van der Waals surface area contributed by atoms with E-state index in [1.54, 1.807) is 0 Å². The summed E-state index contributed by atoms with van der Waals surface area (Å²) in [5.74, 6) is 2.09. The van der Waals surface area contributed by atoms with Crippen molar-refractivity contribution < 1.29 is 9.90 Å². The lowest BCUT2D eigenvalue weighted by Crippen LogP contribution is -2.41. The van der Waals surface area contributed by atoms with Crippen LogP contribution in [0.25, 0.3) is 21.3 Å². The number of amides is 1. The van der Waals surface area contributed by atoms with E-state index < -0.39 is 0 Å². The molecule has 0 atom stereocenters. The monoisotopic (exact) mass is 567 g/mol. The minimum absolute atomic E-state index is 0.00723. The molecular weight excluding hydrogens is 526 g/mol. The summed E-state index contributed by atoms with van der Waals surface area (Å²) < 4.78 is 1.94. The first-order valence-corrected chi connectivity index (χ1v) is 16.4. The van der Waals surface area contributed by atoms with Crippen LogP contribution in [0.1, 0.15) is 86.5 Å². The molecule has 0 aliphatic heterocycles. The SMILES string of the molecule is Cn1ncc2cc([C@H]3CC[C@H](CN(c4cccc(-c5ccc(C6CC6)s5)c4)C(=O)[C@H]4CC[C@H](O)CC4)CC3)ccc21. The molecule has 1 N–H and O–H groups in total. The van der Waals surface area contributed by atoms with Crippen LogP contribution >= 0.6 is 11.3 Å². The molecule has 2 aromatic heterocycles. The largest absolute Gasteiger partial charge is 0.393 e. The van der Waals surface area contributed by atoms with Gasteiger partial charge in [-0.15, -0.1) is 11.3 Å². The minimum atomic E-state index is -0.253. The summed E-state index contributed by atoms with van der Waals surface area (Å²) in [4.78, 5) is 19.0. The maximum absolute atomic E-state index is 14.1. The summed E-state index contributed by atoms with van der Waals surface area (Å²) in [6.45, 7) is 0.785. The molecule has 4 aromatic rings. The Labute approximate surface area is 247 Å². The number of rotatable bonds is 7. The van der Waals surface area contributed by atoms with E-state index in [2.05, 4.69) is 64.6 Å². The second-order valence-corrected chi connectivity index (χ2v) is 13.9. The molecular formula is C35H41N3O2S. The summed E-state index contributed by atoms with van der Waals surface area (Å²) in [5.41, 5.74) is 4.85. The molecule has 7 rings (SSSR count). The first-order valence-electron chi connectivity index (χ1n) is 15.6. The van der Waals surface area contributed by atoms with Gasteiger partial charge in [0.25, 0.3) is 0 Å². The maximum Gasteiger partial charge on any atom is 0.230 e. The van der Waals surface area contributed by atoms with Crippen molar-refractivity contribution in [1.82, 2.24) is 9.78 Å². The fourth-order valence-electron chi connectivity index (χ4n) is 7.16. The lowest BCUT2D eigenvalue weighted by molar-refractivity contribution is -0.124. The highest BCUT2D eigenvalue weighted by molar-refractivity contribution is 7.15. The number of benzene rings is 2. The van der Waals surface area contributed by atoms with Crippen molar-refractivity contribution >= 4 is 33.8 Å². The Kier molecular flexibility index (Phi) is 7.46. The lowest BCUT2D eigenvalue weighted by Gasteiger charge is -2.36. The highest BCUT2D eigenvalue weighted by Gasteiger charge is 2.32. The van der Waals surface area contributed by atoms with Gasteiger partial charge in [-0.3, -0.25) is 9.48 Å². The molecule has 3 aliphatic carbocycles. The van der Waals surface area contributed by atoms with Crippen LogP contribution in [0.3, 0.4) is 0 Å². The van der Waals surface area contributed by atoms with Crippen LogP contribution in [0, 0.1) is 11.8 Å². The molecule has 5 nitrogen and oxygen atoms in total. The summed E-state index contributed by atoms with van der Waals surface area (Å²) in [6.07, 6.45) is 12.0. The second kappa shape index (κ2) is 11.4. The van der Waals surface area contributed by atoms with E-state index in [4.69, 9.17) is 0 Å². The summed E-state index contributed by atoms with van der Waals surface area (Å²) in [5, 5.41) is 15.7. The van der Waals surface area contributed by atoms with Gasteiger partial charge in [-0.2, -0.15) is 5.10 Å². The average Bonchev–Trinajstić information content (AvgIpc) is 3.62. The molecule has 3 saturated carbocycles. The van der Waals surface area contributed by atoms with Crippen molar-refractivity contribution in [2.45, 2.75) is 82.1 Å². The molecule has 0 saturated heterocycles. The van der Waals surface area contributed by atoms with Gasteiger partial charge in [-0.05, 0) is 129 Å². The van der Waals surface area contributed by atoms with E-state index in [1.807, 2.05) is 29.3 Å². The smallest absolute Gasteiger partial charge is 0.230 e. The molecule has 3 aliphatic rings. The summed E-state index contributed by atoms with van der Waals surface area (Å²) in [7, 11) is 2.00. The van der Waals surface area contributed by atoms with Crippen molar-refractivity contribution in [3.05, 3.63) is 71.2 Å². The van der Waals surface area contributed by atoms with Crippen LogP contribution in [-0.2, 0) is 11.8 Å². The third-order valence-corrected chi connectivity index (χ3v) is 11.2. The molecule has 1 amide bonds. The molecule has 0 bridgehead atoms. The number of thiophene rings is 1. The van der Waals surface area contributed by atoms with Crippen LogP contribution in [-0.4, -0.2) is 33.4 Å². The van der Waals surface area contributed by atoms with E-state index >= 15 is 0 Å². The molecule has 6 heteroatoms. The van der Waals surface area contributed by atoms with Gasteiger partial charge in [0.2, 0.25) is 5.91 Å². The highest BCUT2D eigenvalue weighted by Crippen LogP contribution is 2.45. The number of aromatic nitrogens is 2. The first-order chi connectivity index (χ1) is 20.0. The zero-order chi connectivity index (χ0) is 27.9. The number of aliphatic hydroxyl groups excluding tert-OH is 1. The van der Waals surface area contributed by atoms with Gasteiger partial charge in [0.15, 0.2) is 0 Å². The van der Waals surface area contributed by atoms with Gasteiger partial charge in [0, 0.05) is 40.3 Å². The van der Waals surface area contributed by atoms with Gasteiger partial charge in [-0.25, -0.2) is 0 Å². The van der Waals surface area contributed by atoms with Gasteiger partial charge in [0.05, 0.1) is 17.8 Å². The summed E-state index contributed by atoms with van der Waals surface area (Å²) in [6, 6.07) is 20.1. The fourth-order valence-corrected chi connectivity index (χ4v) is 8.33. The third kappa shape index (κ3) is 5.74. The van der Waals surface area contributed by atoms with Gasteiger partial charge in [0.1, 0.15) is 0 Å². The zero-order valence-corrected chi connectivity index (χ0v) is 24.9. The van der Waals surface area contributed by atoms with Crippen LogP contribution in [0.15, 0.2) is 60.8 Å². The number of carbonyl (C=O) groups excluding carboxylic acids is 1. The van der Waals surface area contributed by atoms with Crippen LogP contribution in [0.2, 0.25) is 0 Å². The Balaban J connectivity index is 1.09. The summed E-state index contributed by atoms with van der Waals surface area (Å²) >= 11 is 1.91.